The second-order valence-electron chi connectivity index (χ2n) is 7.10. The maximum atomic E-state index is 12.8. The third-order valence-electron chi connectivity index (χ3n) is 4.74. The Labute approximate surface area is 193 Å². The molecule has 170 valence electrons. The Morgan fingerprint density at radius 1 is 1.03 bits per heavy atom. The number of thiophene rings is 1. The number of amides is 1. The molecule has 4 aromatic rings. The minimum atomic E-state index is -3.70. The first kappa shape index (κ1) is 22.6. The predicted molar refractivity (Wildman–Crippen MR) is 124 cm³/mol. The van der Waals surface area contributed by atoms with Gasteiger partial charge in [0.1, 0.15) is 11.5 Å². The van der Waals surface area contributed by atoms with Gasteiger partial charge >= 0.3 is 5.69 Å². The third kappa shape index (κ3) is 5.08. The van der Waals surface area contributed by atoms with E-state index in [4.69, 9.17) is 0 Å². The van der Waals surface area contributed by atoms with Crippen molar-refractivity contribution >= 4 is 33.0 Å². The summed E-state index contributed by atoms with van der Waals surface area (Å²) in [5.41, 5.74) is 0.734. The predicted octanol–water partition coefficient (Wildman–Crippen LogP) is 1.95. The van der Waals surface area contributed by atoms with Crippen LogP contribution < -0.4 is 11.0 Å². The van der Waals surface area contributed by atoms with Gasteiger partial charge in [0, 0.05) is 19.3 Å². The van der Waals surface area contributed by atoms with Gasteiger partial charge in [-0.05, 0) is 57.8 Å². The van der Waals surface area contributed by atoms with Crippen LogP contribution in [0.4, 0.5) is 5.69 Å². The molecule has 0 saturated heterocycles. The zero-order chi connectivity index (χ0) is 23.4. The zero-order valence-electron chi connectivity index (χ0n) is 17.5. The molecule has 0 aliphatic carbocycles. The summed E-state index contributed by atoms with van der Waals surface area (Å²) in [5.74, 6) is -0.493. The lowest BCUT2D eigenvalue weighted by atomic mass is 10.2. The van der Waals surface area contributed by atoms with Gasteiger partial charge in [-0.2, -0.15) is 13.7 Å². The summed E-state index contributed by atoms with van der Waals surface area (Å²) in [6, 6.07) is 18.6. The summed E-state index contributed by atoms with van der Waals surface area (Å²) in [7, 11) is -2.19. The second-order valence-corrected chi connectivity index (χ2v) is 10.1. The molecular formula is C21H20N6O4S2. The number of nitrogens with zero attached hydrogens (tertiary/aromatic N) is 5. The number of aromatic nitrogens is 4. The van der Waals surface area contributed by atoms with Gasteiger partial charge in [0.15, 0.2) is 0 Å². The van der Waals surface area contributed by atoms with E-state index in [1.54, 1.807) is 17.5 Å². The molecule has 2 aromatic heterocycles. The first-order chi connectivity index (χ1) is 15.8. The number of benzene rings is 2. The Balaban J connectivity index is 1.40. The van der Waals surface area contributed by atoms with Crippen molar-refractivity contribution in [3.05, 3.63) is 88.2 Å². The number of hydrogen-bond acceptors (Lipinski definition) is 7. The molecule has 2 aromatic carbocycles. The maximum Gasteiger partial charge on any atom is 0.369 e. The largest absolute Gasteiger partial charge is 0.369 e. The molecule has 1 amide bonds. The van der Waals surface area contributed by atoms with Crippen molar-refractivity contribution in [1.82, 2.24) is 24.1 Å². The molecule has 0 spiro atoms. The fourth-order valence-corrected chi connectivity index (χ4v) is 4.88. The highest BCUT2D eigenvalue weighted by atomic mass is 32.2. The zero-order valence-corrected chi connectivity index (χ0v) is 19.2. The fraction of sp³-hybridized carbons (Fsp3) is 0.143. The van der Waals surface area contributed by atoms with Crippen LogP contribution in [-0.2, 0) is 27.9 Å². The number of hydrogen-bond donors (Lipinski definition) is 1. The Bertz CT molecular complexity index is 1400. The van der Waals surface area contributed by atoms with E-state index in [0.717, 1.165) is 14.9 Å². The van der Waals surface area contributed by atoms with E-state index in [0.29, 0.717) is 10.7 Å². The smallest absolute Gasteiger partial charge is 0.324 e. The molecule has 0 fully saturated rings. The van der Waals surface area contributed by atoms with Crippen LogP contribution in [0.5, 0.6) is 0 Å². The average Bonchev–Trinajstić information content (AvgIpc) is 3.45. The maximum absolute atomic E-state index is 12.8. The topological polar surface area (TPSA) is 119 Å². The Morgan fingerprint density at radius 2 is 1.76 bits per heavy atom. The van der Waals surface area contributed by atoms with Crippen LogP contribution >= 0.6 is 11.3 Å². The van der Waals surface area contributed by atoms with Crippen molar-refractivity contribution in [1.29, 1.82) is 0 Å². The van der Waals surface area contributed by atoms with Crippen LogP contribution in [0, 0.1) is 0 Å². The lowest BCUT2D eigenvalue weighted by Crippen LogP contribution is -2.29. The van der Waals surface area contributed by atoms with Gasteiger partial charge < -0.3 is 5.32 Å². The lowest BCUT2D eigenvalue weighted by Gasteiger charge is -2.17. The summed E-state index contributed by atoms with van der Waals surface area (Å²) in [5, 5.41) is 12.5. The van der Waals surface area contributed by atoms with Crippen LogP contribution in [-0.4, -0.2) is 45.5 Å². The van der Waals surface area contributed by atoms with Crippen LogP contribution in [0.3, 0.4) is 0 Å². The Morgan fingerprint density at radius 3 is 2.42 bits per heavy atom. The average molecular weight is 485 g/mol. The van der Waals surface area contributed by atoms with Gasteiger partial charge in [-0.15, -0.1) is 11.3 Å². The van der Waals surface area contributed by atoms with Crippen molar-refractivity contribution in [2.24, 2.45) is 0 Å². The standard InChI is InChI=1S/C21H20N6O4S2/c1-25(14-16-6-3-2-4-7-16)33(30,31)18-11-9-17(10-12-18)22-19(28)15-26-21(29)27(24-23-26)20-8-5-13-32-20/h2-13H,14-15H2,1H3,(H,22,28). The number of carbonyl (C=O) groups is 1. The molecule has 0 radical (unpaired) electrons. The first-order valence-corrected chi connectivity index (χ1v) is 12.1. The minimum Gasteiger partial charge on any atom is -0.324 e. The highest BCUT2D eigenvalue weighted by Gasteiger charge is 2.21. The SMILES string of the molecule is CN(Cc1ccccc1)S(=O)(=O)c1ccc(NC(=O)Cn2nnn(-c3cccs3)c2=O)cc1. The van der Waals surface area contributed by atoms with E-state index in [1.165, 1.54) is 47.0 Å². The van der Waals surface area contributed by atoms with Gasteiger partial charge in [0.05, 0.1) is 4.90 Å². The van der Waals surface area contributed by atoms with Crippen LogP contribution in [0.2, 0.25) is 0 Å². The molecule has 1 N–H and O–H groups in total. The molecule has 0 atom stereocenters. The van der Waals surface area contributed by atoms with Gasteiger partial charge in [0.25, 0.3) is 0 Å². The molecule has 0 aliphatic heterocycles. The first-order valence-electron chi connectivity index (χ1n) is 9.81. The van der Waals surface area contributed by atoms with Crippen molar-refractivity contribution < 1.29 is 13.2 Å². The van der Waals surface area contributed by atoms with E-state index < -0.39 is 21.6 Å². The Hall–Kier alpha value is -3.61. The lowest BCUT2D eigenvalue weighted by molar-refractivity contribution is -0.117. The molecule has 0 bridgehead atoms. The molecule has 0 aliphatic rings. The number of rotatable bonds is 8. The second kappa shape index (κ2) is 9.48. The van der Waals surface area contributed by atoms with E-state index in [1.807, 2.05) is 30.3 Å². The summed E-state index contributed by atoms with van der Waals surface area (Å²) in [6.07, 6.45) is 0. The van der Waals surface area contributed by atoms with Crippen LogP contribution in [0.1, 0.15) is 5.56 Å². The molecule has 0 unspecified atom stereocenters. The number of sulfonamides is 1. The highest BCUT2D eigenvalue weighted by molar-refractivity contribution is 7.89. The van der Waals surface area contributed by atoms with Crippen molar-refractivity contribution in [2.45, 2.75) is 18.0 Å². The monoisotopic (exact) mass is 484 g/mol. The normalized spacial score (nSPS) is 11.6. The van der Waals surface area contributed by atoms with E-state index in [9.17, 15) is 18.0 Å². The third-order valence-corrected chi connectivity index (χ3v) is 7.40. The van der Waals surface area contributed by atoms with Gasteiger partial charge in [-0.1, -0.05) is 30.3 Å². The number of anilines is 1. The van der Waals surface area contributed by atoms with Crippen LogP contribution in [0.15, 0.2) is 81.8 Å². The van der Waals surface area contributed by atoms with Crippen molar-refractivity contribution in [3.63, 3.8) is 0 Å². The summed E-state index contributed by atoms with van der Waals surface area (Å²) >= 11 is 1.32. The number of nitrogens with one attached hydrogen (secondary N) is 1. The Kier molecular flexibility index (Phi) is 6.49. The quantitative estimate of drug-likeness (QED) is 0.408. The van der Waals surface area contributed by atoms with Crippen LogP contribution in [0.25, 0.3) is 5.00 Å². The summed E-state index contributed by atoms with van der Waals surface area (Å²) < 4.78 is 29.0. The fourth-order valence-electron chi connectivity index (χ4n) is 3.05. The van der Waals surface area contributed by atoms with E-state index >= 15 is 0 Å². The van der Waals surface area contributed by atoms with E-state index in [2.05, 4.69) is 15.7 Å². The minimum absolute atomic E-state index is 0.106. The summed E-state index contributed by atoms with van der Waals surface area (Å²) in [4.78, 5) is 24.8. The van der Waals surface area contributed by atoms with Crippen molar-refractivity contribution in [3.8, 4) is 5.00 Å². The van der Waals surface area contributed by atoms with Crippen molar-refractivity contribution in [2.75, 3.05) is 12.4 Å². The number of tetrazole rings is 1. The summed E-state index contributed by atoms with van der Waals surface area (Å²) in [6.45, 7) is -0.0906. The molecule has 4 rings (SSSR count). The molecule has 33 heavy (non-hydrogen) atoms. The van der Waals surface area contributed by atoms with E-state index in [-0.39, 0.29) is 18.0 Å². The molecule has 2 heterocycles. The van der Waals surface area contributed by atoms with Gasteiger partial charge in [-0.25, -0.2) is 13.2 Å². The van der Waals surface area contributed by atoms with Gasteiger partial charge in [0.2, 0.25) is 15.9 Å². The highest BCUT2D eigenvalue weighted by Crippen LogP contribution is 2.19. The van der Waals surface area contributed by atoms with Gasteiger partial charge in [-0.3, -0.25) is 4.79 Å². The molecule has 10 nitrogen and oxygen atoms in total. The molecule has 12 heteroatoms. The number of carbonyl (C=O) groups excluding carboxylic acids is 1. The molecule has 0 saturated carbocycles. The molecular weight excluding hydrogens is 464 g/mol.